The zero-order chi connectivity index (χ0) is 27.8. The third kappa shape index (κ3) is 4.21. The van der Waals surface area contributed by atoms with Crippen molar-refractivity contribution < 1.29 is 14.6 Å². The fourth-order valence-electron chi connectivity index (χ4n) is 9.85. The predicted molar refractivity (Wildman–Crippen MR) is 174 cm³/mol. The van der Waals surface area contributed by atoms with Gasteiger partial charge in [-0.1, -0.05) is 0 Å². The Kier molecular flexibility index (Phi) is 7.51. The minimum absolute atomic E-state index is 0.546. The van der Waals surface area contributed by atoms with Crippen molar-refractivity contribution >= 4 is 18.8 Å². The van der Waals surface area contributed by atoms with E-state index in [2.05, 4.69) is 149 Å². The molecule has 0 saturated carbocycles. The maximum absolute atomic E-state index is 3.85. The average Bonchev–Trinajstić information content (AvgIpc) is 3.51. The molecule has 2 unspecified atom stereocenters. The normalized spacial score (nSPS) is 19.0. The van der Waals surface area contributed by atoms with E-state index in [1.807, 2.05) is 0 Å². The first-order chi connectivity index (χ1) is 19.5. The van der Waals surface area contributed by atoms with Crippen LogP contribution in [0.2, 0.25) is 12.1 Å². The van der Waals surface area contributed by atoms with Gasteiger partial charge in [0.15, 0.2) is 0 Å². The van der Waals surface area contributed by atoms with E-state index < -0.39 is 21.2 Å². The van der Waals surface area contributed by atoms with Crippen LogP contribution in [0.4, 0.5) is 0 Å². The fraction of sp³-hybridized carbons (Fsp3) is 0.263. The van der Waals surface area contributed by atoms with Gasteiger partial charge in [0.1, 0.15) is 0 Å². The van der Waals surface area contributed by atoms with Crippen LogP contribution in [0.1, 0.15) is 69.5 Å². The van der Waals surface area contributed by atoms with Crippen molar-refractivity contribution in [2.75, 3.05) is 0 Å². The molecule has 0 heterocycles. The fourth-order valence-corrected chi connectivity index (χ4v) is 49.7. The molecule has 0 N–H and O–H groups in total. The van der Waals surface area contributed by atoms with E-state index in [1.54, 1.807) is 33.4 Å². The number of hydrogen-bond donors (Lipinski definition) is 0. The van der Waals surface area contributed by atoms with Crippen LogP contribution in [0.5, 0.6) is 0 Å². The Bertz CT molecular complexity index is 1450. The first kappa shape index (κ1) is 27.5. The van der Waals surface area contributed by atoms with Crippen molar-refractivity contribution in [3.8, 4) is 0 Å². The summed E-state index contributed by atoms with van der Waals surface area (Å²) >= 11 is -3.85. The molecule has 6 rings (SSSR count). The monoisotopic (exact) mass is 575 g/mol. The third-order valence-electron chi connectivity index (χ3n) is 10.8. The van der Waals surface area contributed by atoms with Gasteiger partial charge in [-0.25, -0.2) is 0 Å². The summed E-state index contributed by atoms with van der Waals surface area (Å²) in [6.45, 7) is 8.77. The molecule has 4 aromatic carbocycles. The summed E-state index contributed by atoms with van der Waals surface area (Å²) in [7, 11) is 0. The van der Waals surface area contributed by atoms with E-state index in [4.69, 9.17) is 0 Å². The van der Waals surface area contributed by atoms with Gasteiger partial charge in [0.25, 0.3) is 0 Å². The van der Waals surface area contributed by atoms with E-state index in [0.29, 0.717) is 8.45 Å². The Morgan fingerprint density at radius 3 is 1.30 bits per heavy atom. The zero-order valence-electron chi connectivity index (χ0n) is 24.6. The van der Waals surface area contributed by atoms with Crippen LogP contribution in [0.3, 0.4) is 0 Å². The van der Waals surface area contributed by atoms with Gasteiger partial charge in [-0.3, -0.25) is 0 Å². The zero-order valence-corrected chi connectivity index (χ0v) is 27.3. The van der Waals surface area contributed by atoms with Gasteiger partial charge in [-0.15, -0.1) is 0 Å². The van der Waals surface area contributed by atoms with Crippen molar-refractivity contribution in [2.24, 2.45) is 0 Å². The van der Waals surface area contributed by atoms with E-state index >= 15 is 0 Å². The molecule has 40 heavy (non-hydrogen) atoms. The van der Waals surface area contributed by atoms with E-state index in [-0.39, 0.29) is 0 Å². The molecular weight excluding hydrogens is 532 g/mol. The molecule has 0 aliphatic heterocycles. The summed E-state index contributed by atoms with van der Waals surface area (Å²) in [6.07, 6.45) is 5.13. The standard InChI is InChI=1S/2C10H9.2C7H7.C4H11Si.Ti/c2*1-8-6-9-4-2-3-5-10(9)7-8;2*1-7-5-3-2-4-6-7;1-3-5-4-2;/h2*2-7H,1H3;2*2-6H,1H2;5H,3-4H2,1-2H3;. The summed E-state index contributed by atoms with van der Waals surface area (Å²) in [5.41, 5.74) is 12.6. The van der Waals surface area contributed by atoms with Crippen LogP contribution >= 0.6 is 0 Å². The molecule has 0 fully saturated rings. The number of hydrogen-bond acceptors (Lipinski definition) is 0. The second kappa shape index (κ2) is 10.9. The minimum atomic E-state index is -3.85. The average molecular weight is 576 g/mol. The van der Waals surface area contributed by atoms with Gasteiger partial charge in [-0.05, 0) is 0 Å². The van der Waals surface area contributed by atoms with Gasteiger partial charge in [-0.2, -0.15) is 0 Å². The quantitative estimate of drug-likeness (QED) is 0.174. The van der Waals surface area contributed by atoms with E-state index in [9.17, 15) is 0 Å². The van der Waals surface area contributed by atoms with Crippen molar-refractivity contribution in [3.05, 3.63) is 154 Å². The van der Waals surface area contributed by atoms with Crippen LogP contribution < -0.4 is 0 Å². The predicted octanol–water partition coefficient (Wildman–Crippen LogP) is 10.2. The SMILES string of the molecule is CC[SiH](CC)[Ti]([CH2]c1ccccc1)([CH2]c1ccccc1)([CH]1C(C)=Cc2ccccc21)[CH]1C(C)=Cc2ccccc21. The van der Waals surface area contributed by atoms with Crippen LogP contribution in [0.25, 0.3) is 12.2 Å². The second-order valence-corrected chi connectivity index (χ2v) is 34.8. The second-order valence-electron chi connectivity index (χ2n) is 12.7. The third-order valence-corrected chi connectivity index (χ3v) is 43.9. The van der Waals surface area contributed by atoms with Gasteiger partial charge in [0.05, 0.1) is 0 Å². The van der Waals surface area contributed by atoms with Gasteiger partial charge >= 0.3 is 245 Å². The molecule has 2 aliphatic carbocycles. The molecule has 0 nitrogen and oxygen atoms in total. The maximum atomic E-state index is 2.56. The number of allylic oxidation sites excluding steroid dienone is 2. The summed E-state index contributed by atoms with van der Waals surface area (Å²) in [5, 5.41) is 0. The summed E-state index contributed by atoms with van der Waals surface area (Å²) in [6, 6.07) is 44.9. The Labute approximate surface area is 243 Å². The molecule has 4 aromatic rings. The number of rotatable bonds is 9. The van der Waals surface area contributed by atoms with Crippen molar-refractivity contribution in [3.63, 3.8) is 0 Å². The van der Waals surface area contributed by atoms with Crippen LogP contribution in [0.15, 0.2) is 120 Å². The van der Waals surface area contributed by atoms with Crippen molar-refractivity contribution in [1.82, 2.24) is 0 Å². The van der Waals surface area contributed by atoms with Crippen molar-refractivity contribution in [1.29, 1.82) is 0 Å². The van der Waals surface area contributed by atoms with Crippen LogP contribution in [-0.4, -0.2) is 6.66 Å². The number of benzene rings is 4. The molecule has 0 spiro atoms. The Morgan fingerprint density at radius 2 is 0.900 bits per heavy atom. The first-order valence-electron chi connectivity index (χ1n) is 15.3. The van der Waals surface area contributed by atoms with Crippen molar-refractivity contribution in [2.45, 2.75) is 57.7 Å². The molecule has 0 amide bonds. The topological polar surface area (TPSA) is 0 Å². The van der Waals surface area contributed by atoms with Gasteiger partial charge in [0.2, 0.25) is 0 Å². The molecule has 0 radical (unpaired) electrons. The Morgan fingerprint density at radius 1 is 0.525 bits per heavy atom. The molecule has 2 aliphatic rings. The molecule has 0 saturated heterocycles. The van der Waals surface area contributed by atoms with E-state index in [0.717, 1.165) is 0 Å². The summed E-state index contributed by atoms with van der Waals surface area (Å²) < 4.78 is 3.65. The number of fused-ring (bicyclic) bond motifs is 2. The van der Waals surface area contributed by atoms with Crippen LogP contribution in [-0.2, 0) is 24.0 Å². The Balaban J connectivity index is 1.79. The molecule has 0 bridgehead atoms. The molecule has 0 aromatic heterocycles. The summed E-state index contributed by atoms with van der Waals surface area (Å²) in [4.78, 5) is 0. The van der Waals surface area contributed by atoms with Gasteiger partial charge in [0, 0.05) is 0 Å². The van der Waals surface area contributed by atoms with E-state index in [1.165, 1.54) is 32.7 Å². The molecule has 2 atom stereocenters. The molecular formula is C38H43SiTi. The molecule has 2 heteroatoms. The molecule has 203 valence electrons. The first-order valence-corrected chi connectivity index (χ1v) is 24.2. The van der Waals surface area contributed by atoms with Gasteiger partial charge < -0.3 is 0 Å². The van der Waals surface area contributed by atoms with Crippen LogP contribution in [0, 0.1) is 0 Å². The Hall–Kier alpha value is -2.71. The summed E-state index contributed by atoms with van der Waals surface area (Å²) in [5.74, 6) is 0.